The Kier molecular flexibility index (Phi) is 5.79. The number of imide groups is 1. The number of ether oxygens (including phenoxy) is 1. The van der Waals surface area contributed by atoms with E-state index in [0.717, 1.165) is 16.0 Å². The summed E-state index contributed by atoms with van der Waals surface area (Å²) in [7, 11) is 0. The maximum Gasteiger partial charge on any atom is 0.407 e. The van der Waals surface area contributed by atoms with E-state index >= 15 is 0 Å². The van der Waals surface area contributed by atoms with E-state index < -0.39 is 6.09 Å². The van der Waals surface area contributed by atoms with E-state index in [1.807, 2.05) is 36.4 Å². The summed E-state index contributed by atoms with van der Waals surface area (Å²) in [6.45, 7) is 0.545. The molecule has 0 aromatic heterocycles. The van der Waals surface area contributed by atoms with Crippen LogP contribution in [0.25, 0.3) is 6.08 Å². The highest BCUT2D eigenvalue weighted by molar-refractivity contribution is 6.28. The monoisotopic (exact) mass is 362 g/mol. The number of nitrogens with one attached hydrogen (secondary N) is 1. The highest BCUT2D eigenvalue weighted by Gasteiger charge is 2.24. The second-order valence-electron chi connectivity index (χ2n) is 5.78. The Balaban J connectivity index is 1.44. The van der Waals surface area contributed by atoms with Crippen LogP contribution in [0, 0.1) is 0 Å². The number of hydrogen-bond donors (Lipinski definition) is 1. The van der Waals surface area contributed by atoms with Crippen molar-refractivity contribution in [3.63, 3.8) is 0 Å². The van der Waals surface area contributed by atoms with Crippen molar-refractivity contribution < 1.29 is 19.1 Å². The van der Waals surface area contributed by atoms with E-state index in [2.05, 4.69) is 5.32 Å². The molecule has 6 nitrogen and oxygen atoms in total. The van der Waals surface area contributed by atoms with Crippen LogP contribution < -0.4 is 10.2 Å². The third kappa shape index (κ3) is 4.92. The lowest BCUT2D eigenvalue weighted by molar-refractivity contribution is -0.119. The van der Waals surface area contributed by atoms with E-state index in [9.17, 15) is 14.4 Å². The zero-order valence-electron chi connectivity index (χ0n) is 14.5. The molecule has 0 atom stereocenters. The minimum Gasteiger partial charge on any atom is -0.445 e. The number of nitrogens with zero attached hydrogens (tertiary/aromatic N) is 1. The fraction of sp³-hybridized carbons (Fsp3) is 0.0952. The summed E-state index contributed by atoms with van der Waals surface area (Å²) in [5.41, 5.74) is 2.33. The molecule has 0 saturated carbocycles. The lowest BCUT2D eigenvalue weighted by atomic mass is 10.2. The lowest BCUT2D eigenvalue weighted by Crippen LogP contribution is -2.29. The smallest absolute Gasteiger partial charge is 0.407 e. The molecule has 0 saturated heterocycles. The van der Waals surface area contributed by atoms with Crippen molar-refractivity contribution >= 4 is 29.7 Å². The third-order valence-corrected chi connectivity index (χ3v) is 3.85. The molecule has 3 amide bonds. The predicted octanol–water partition coefficient (Wildman–Crippen LogP) is 3.06. The van der Waals surface area contributed by atoms with Crippen molar-refractivity contribution in [2.45, 2.75) is 6.61 Å². The van der Waals surface area contributed by atoms with Gasteiger partial charge in [-0.1, -0.05) is 54.6 Å². The summed E-state index contributed by atoms with van der Waals surface area (Å²) in [5.74, 6) is -0.692. The third-order valence-electron chi connectivity index (χ3n) is 3.85. The zero-order valence-corrected chi connectivity index (χ0v) is 14.5. The van der Waals surface area contributed by atoms with Gasteiger partial charge in [0.2, 0.25) is 0 Å². The summed E-state index contributed by atoms with van der Waals surface area (Å²) in [5, 5.41) is 2.64. The number of carbonyl (C=O) groups excluding carboxylic acids is 3. The van der Waals surface area contributed by atoms with Gasteiger partial charge >= 0.3 is 6.09 Å². The van der Waals surface area contributed by atoms with E-state index in [1.165, 1.54) is 12.2 Å². The van der Waals surface area contributed by atoms with Gasteiger partial charge in [-0.05, 0) is 23.3 Å². The molecule has 1 aliphatic heterocycles. The summed E-state index contributed by atoms with van der Waals surface area (Å²) in [6.07, 6.45) is 5.62. The highest BCUT2D eigenvalue weighted by atomic mass is 16.5. The van der Waals surface area contributed by atoms with Gasteiger partial charge in [-0.15, -0.1) is 0 Å². The molecule has 0 unspecified atom stereocenters. The second-order valence-corrected chi connectivity index (χ2v) is 5.78. The molecule has 27 heavy (non-hydrogen) atoms. The molecular formula is C21H18N2O4. The molecule has 6 heteroatoms. The molecule has 1 aliphatic rings. The molecule has 0 radical (unpaired) electrons. The van der Waals surface area contributed by atoms with Gasteiger partial charge < -0.3 is 10.1 Å². The van der Waals surface area contributed by atoms with Crippen molar-refractivity contribution in [3.8, 4) is 0 Å². The summed E-state index contributed by atoms with van der Waals surface area (Å²) >= 11 is 0. The Morgan fingerprint density at radius 3 is 2.30 bits per heavy atom. The SMILES string of the molecule is O=C(NCC=Cc1ccc(N2C(=O)C=CC2=O)cc1)OCc1ccccc1. The zero-order chi connectivity index (χ0) is 19.1. The fourth-order valence-electron chi connectivity index (χ4n) is 2.50. The van der Waals surface area contributed by atoms with Crippen molar-refractivity contribution in [2.75, 3.05) is 11.4 Å². The molecule has 1 N–H and O–H groups in total. The molecule has 1 heterocycles. The molecular weight excluding hydrogens is 344 g/mol. The van der Waals surface area contributed by atoms with Gasteiger partial charge in [-0.25, -0.2) is 9.69 Å². The van der Waals surface area contributed by atoms with Crippen LogP contribution in [0.2, 0.25) is 0 Å². The van der Waals surface area contributed by atoms with Crippen LogP contribution in [0.4, 0.5) is 10.5 Å². The van der Waals surface area contributed by atoms with Gasteiger partial charge in [0.1, 0.15) is 6.61 Å². The maximum absolute atomic E-state index is 11.6. The first-order valence-electron chi connectivity index (χ1n) is 8.41. The molecule has 0 fully saturated rings. The van der Waals surface area contributed by atoms with Crippen molar-refractivity contribution in [1.29, 1.82) is 0 Å². The molecule has 0 aliphatic carbocycles. The maximum atomic E-state index is 11.6. The van der Waals surface area contributed by atoms with Crippen LogP contribution in [-0.4, -0.2) is 24.5 Å². The molecule has 2 aromatic carbocycles. The van der Waals surface area contributed by atoms with Crippen LogP contribution in [0.3, 0.4) is 0 Å². The van der Waals surface area contributed by atoms with Gasteiger partial charge in [0, 0.05) is 18.7 Å². The standard InChI is InChI=1S/C21H18N2O4/c24-19-12-13-20(25)23(19)18-10-8-16(9-11-18)7-4-14-22-21(26)27-15-17-5-2-1-3-6-17/h1-13H,14-15H2,(H,22,26). The van der Waals surface area contributed by atoms with Crippen LogP contribution in [0.15, 0.2) is 72.8 Å². The Hall–Kier alpha value is -3.67. The second kappa shape index (κ2) is 8.62. The molecule has 3 rings (SSSR count). The van der Waals surface area contributed by atoms with Crippen molar-refractivity contribution in [1.82, 2.24) is 5.32 Å². The Morgan fingerprint density at radius 2 is 1.63 bits per heavy atom. The van der Waals surface area contributed by atoms with Gasteiger partial charge in [-0.2, -0.15) is 0 Å². The molecule has 0 bridgehead atoms. The predicted molar refractivity (Wildman–Crippen MR) is 102 cm³/mol. The van der Waals surface area contributed by atoms with Crippen molar-refractivity contribution in [2.24, 2.45) is 0 Å². The number of benzene rings is 2. The first-order valence-corrected chi connectivity index (χ1v) is 8.41. The number of carbonyl (C=O) groups is 3. The number of hydrogen-bond acceptors (Lipinski definition) is 4. The van der Waals surface area contributed by atoms with E-state index in [4.69, 9.17) is 4.74 Å². The van der Waals surface area contributed by atoms with Crippen LogP contribution in [0.1, 0.15) is 11.1 Å². The number of rotatable bonds is 6. The molecule has 0 spiro atoms. The Labute approximate surface area is 156 Å². The normalized spacial score (nSPS) is 13.4. The quantitative estimate of drug-likeness (QED) is 0.802. The van der Waals surface area contributed by atoms with E-state index in [0.29, 0.717) is 12.2 Å². The van der Waals surface area contributed by atoms with Crippen LogP contribution >= 0.6 is 0 Å². The van der Waals surface area contributed by atoms with Crippen molar-refractivity contribution in [3.05, 3.63) is 84.0 Å². The van der Waals surface area contributed by atoms with Crippen LogP contribution in [-0.2, 0) is 20.9 Å². The average molecular weight is 362 g/mol. The summed E-state index contributed by atoms with van der Waals surface area (Å²) < 4.78 is 5.11. The largest absolute Gasteiger partial charge is 0.445 e. The number of alkyl carbamates (subject to hydrolysis) is 1. The molecule has 136 valence electrons. The van der Waals surface area contributed by atoms with Gasteiger partial charge in [0.25, 0.3) is 11.8 Å². The van der Waals surface area contributed by atoms with Gasteiger partial charge in [0.15, 0.2) is 0 Å². The van der Waals surface area contributed by atoms with Gasteiger partial charge in [-0.3, -0.25) is 9.59 Å². The van der Waals surface area contributed by atoms with Crippen LogP contribution in [0.5, 0.6) is 0 Å². The minimum atomic E-state index is -0.489. The topological polar surface area (TPSA) is 75.7 Å². The fourth-order valence-corrected chi connectivity index (χ4v) is 2.50. The first kappa shape index (κ1) is 18.1. The number of amides is 3. The molecule has 2 aromatic rings. The summed E-state index contributed by atoms with van der Waals surface area (Å²) in [4.78, 5) is 36.0. The average Bonchev–Trinajstić information content (AvgIpc) is 3.03. The minimum absolute atomic E-state index is 0.223. The lowest BCUT2D eigenvalue weighted by Gasteiger charge is -2.13. The Morgan fingerprint density at radius 1 is 0.963 bits per heavy atom. The first-order chi connectivity index (χ1) is 13.1. The van der Waals surface area contributed by atoms with Gasteiger partial charge in [0.05, 0.1) is 5.69 Å². The highest BCUT2D eigenvalue weighted by Crippen LogP contribution is 2.19. The van der Waals surface area contributed by atoms with E-state index in [1.54, 1.807) is 30.3 Å². The number of anilines is 1. The Bertz CT molecular complexity index is 868. The van der Waals surface area contributed by atoms with E-state index in [-0.39, 0.29) is 18.4 Å². The summed E-state index contributed by atoms with van der Waals surface area (Å²) in [6, 6.07) is 16.4.